The highest BCUT2D eigenvalue weighted by Gasteiger charge is 2.42. The molecule has 3 N–H and O–H groups in total. The lowest BCUT2D eigenvalue weighted by molar-refractivity contribution is -0.130. The average Bonchev–Trinajstić information content (AvgIpc) is 2.79. The Balaban J connectivity index is 1.79. The summed E-state index contributed by atoms with van der Waals surface area (Å²) in [4.78, 5) is 14.0. The first-order chi connectivity index (χ1) is 10.5. The first-order valence-corrected chi connectivity index (χ1v) is 7.97. The van der Waals surface area contributed by atoms with Gasteiger partial charge in [0.15, 0.2) is 0 Å². The van der Waals surface area contributed by atoms with Gasteiger partial charge in [0.2, 0.25) is 5.91 Å². The highest BCUT2D eigenvalue weighted by atomic mass is 35.5. The van der Waals surface area contributed by atoms with Crippen molar-refractivity contribution in [3.63, 3.8) is 0 Å². The second-order valence-electron chi connectivity index (χ2n) is 6.23. The zero-order valence-electron chi connectivity index (χ0n) is 12.0. The molecule has 22 heavy (non-hydrogen) atoms. The predicted molar refractivity (Wildman–Crippen MR) is 84.5 cm³/mol. The van der Waals surface area contributed by atoms with Crippen LogP contribution >= 0.6 is 23.2 Å². The number of phenolic OH excluding ortho intramolecular Hbond substituents is 1. The zero-order valence-corrected chi connectivity index (χ0v) is 13.5. The number of benzene rings is 1. The van der Waals surface area contributed by atoms with E-state index in [0.717, 1.165) is 0 Å². The molecule has 2 saturated heterocycles. The van der Waals surface area contributed by atoms with Crippen LogP contribution in [0.25, 0.3) is 0 Å². The molecular formula is C15H18Cl2N2O3. The quantitative estimate of drug-likeness (QED) is 0.775. The van der Waals surface area contributed by atoms with Gasteiger partial charge in [-0.15, -0.1) is 0 Å². The number of nitrogens with zero attached hydrogens (tertiary/aromatic N) is 1. The first-order valence-electron chi connectivity index (χ1n) is 7.22. The molecule has 1 aromatic carbocycles. The minimum Gasteiger partial charge on any atom is -0.508 e. The number of hydrogen-bond acceptors (Lipinski definition) is 4. The minimum absolute atomic E-state index is 0.0140. The molecule has 0 aromatic heterocycles. The summed E-state index contributed by atoms with van der Waals surface area (Å²) in [5.74, 6) is -0.0983. The topological polar surface area (TPSA) is 72.8 Å². The number of rotatable bonds is 4. The average molecular weight is 345 g/mol. The molecule has 1 unspecified atom stereocenters. The fourth-order valence-electron chi connectivity index (χ4n) is 3.22. The minimum atomic E-state index is -0.245. The molecule has 1 aromatic rings. The van der Waals surface area contributed by atoms with E-state index >= 15 is 0 Å². The molecule has 7 heteroatoms. The highest BCUT2D eigenvalue weighted by molar-refractivity contribution is 6.42. The van der Waals surface area contributed by atoms with Crippen molar-refractivity contribution >= 4 is 29.1 Å². The Kier molecular flexibility index (Phi) is 4.25. The van der Waals surface area contributed by atoms with Crippen molar-refractivity contribution in [1.29, 1.82) is 0 Å². The second kappa shape index (κ2) is 5.89. The van der Waals surface area contributed by atoms with Gasteiger partial charge in [0.05, 0.1) is 16.7 Å². The first kappa shape index (κ1) is 15.9. The third-order valence-corrected chi connectivity index (χ3v) is 5.41. The van der Waals surface area contributed by atoms with Crippen LogP contribution in [-0.4, -0.2) is 53.8 Å². The summed E-state index contributed by atoms with van der Waals surface area (Å²) in [6.45, 7) is 2.47. The smallest absolute Gasteiger partial charge is 0.223 e. The number of halogens is 2. The number of carbonyl (C=O) groups excluding carboxylic acids is 1. The summed E-state index contributed by atoms with van der Waals surface area (Å²) in [6.07, 6.45) is 0.294. The summed E-state index contributed by atoms with van der Waals surface area (Å²) >= 11 is 12.2. The molecule has 0 saturated carbocycles. The van der Waals surface area contributed by atoms with E-state index in [9.17, 15) is 15.0 Å². The molecule has 0 radical (unpaired) electrons. The Morgan fingerprint density at radius 2 is 2.09 bits per heavy atom. The number of aromatic hydroxyl groups is 1. The van der Waals surface area contributed by atoms with Gasteiger partial charge in [-0.3, -0.25) is 4.79 Å². The van der Waals surface area contributed by atoms with Gasteiger partial charge in [-0.2, -0.15) is 0 Å². The lowest BCUT2D eigenvalue weighted by atomic mass is 9.82. The molecule has 0 spiro atoms. The SMILES string of the molecule is O=C1CC(c2c(O)ccc(Cl)c2Cl)CN1CC1(CO)CNC1. The zero-order chi connectivity index (χ0) is 15.9. The number of nitrogens with one attached hydrogen (secondary N) is 1. The molecule has 2 aliphatic rings. The summed E-state index contributed by atoms with van der Waals surface area (Å²) < 4.78 is 0. The third kappa shape index (κ3) is 2.67. The van der Waals surface area contributed by atoms with Crippen molar-refractivity contribution in [2.45, 2.75) is 12.3 Å². The number of aliphatic hydroxyl groups excluding tert-OH is 1. The van der Waals surface area contributed by atoms with Gasteiger partial charge in [-0.1, -0.05) is 23.2 Å². The maximum atomic E-state index is 12.3. The number of aliphatic hydroxyl groups is 1. The summed E-state index contributed by atoms with van der Waals surface area (Å²) in [5.41, 5.74) is 0.292. The van der Waals surface area contributed by atoms with Crippen LogP contribution in [-0.2, 0) is 4.79 Å². The van der Waals surface area contributed by atoms with Crippen LogP contribution in [0, 0.1) is 5.41 Å². The van der Waals surface area contributed by atoms with Crippen LogP contribution < -0.4 is 5.32 Å². The van der Waals surface area contributed by atoms with Crippen molar-refractivity contribution in [2.24, 2.45) is 5.41 Å². The highest BCUT2D eigenvalue weighted by Crippen LogP contribution is 2.42. The van der Waals surface area contributed by atoms with E-state index in [1.807, 2.05) is 0 Å². The van der Waals surface area contributed by atoms with E-state index in [1.54, 1.807) is 4.90 Å². The van der Waals surface area contributed by atoms with E-state index in [1.165, 1.54) is 12.1 Å². The number of amides is 1. The maximum absolute atomic E-state index is 12.3. The van der Waals surface area contributed by atoms with E-state index in [4.69, 9.17) is 23.2 Å². The largest absolute Gasteiger partial charge is 0.508 e. The third-order valence-electron chi connectivity index (χ3n) is 4.59. The van der Waals surface area contributed by atoms with Gasteiger partial charge < -0.3 is 20.4 Å². The molecular weight excluding hydrogens is 327 g/mol. The normalized spacial score (nSPS) is 23.7. The molecule has 1 atom stereocenters. The van der Waals surface area contributed by atoms with Crippen molar-refractivity contribution < 1.29 is 15.0 Å². The molecule has 120 valence electrons. The Hall–Kier alpha value is -1.01. The lowest BCUT2D eigenvalue weighted by Crippen LogP contribution is -2.61. The van der Waals surface area contributed by atoms with Crippen molar-refractivity contribution in [1.82, 2.24) is 10.2 Å². The second-order valence-corrected chi connectivity index (χ2v) is 7.02. The predicted octanol–water partition coefficient (Wildman–Crippen LogP) is 1.60. The number of hydrogen-bond donors (Lipinski definition) is 3. The summed E-state index contributed by atoms with van der Waals surface area (Å²) in [6, 6.07) is 3.04. The van der Waals surface area contributed by atoms with Crippen molar-refractivity contribution in [2.75, 3.05) is 32.8 Å². The van der Waals surface area contributed by atoms with Gasteiger partial charge in [0, 0.05) is 49.5 Å². The van der Waals surface area contributed by atoms with Crippen molar-refractivity contribution in [3.8, 4) is 5.75 Å². The maximum Gasteiger partial charge on any atom is 0.223 e. The Bertz CT molecular complexity index is 599. The van der Waals surface area contributed by atoms with Crippen LogP contribution in [0.5, 0.6) is 5.75 Å². The fraction of sp³-hybridized carbons (Fsp3) is 0.533. The monoisotopic (exact) mass is 344 g/mol. The van der Waals surface area contributed by atoms with Crippen LogP contribution in [0.15, 0.2) is 12.1 Å². The van der Waals surface area contributed by atoms with Gasteiger partial charge in [0.25, 0.3) is 0 Å². The van der Waals surface area contributed by atoms with Crippen LogP contribution in [0.2, 0.25) is 10.0 Å². The van der Waals surface area contributed by atoms with E-state index in [0.29, 0.717) is 48.2 Å². The van der Waals surface area contributed by atoms with Gasteiger partial charge >= 0.3 is 0 Å². The Morgan fingerprint density at radius 3 is 2.68 bits per heavy atom. The Morgan fingerprint density at radius 1 is 1.36 bits per heavy atom. The summed E-state index contributed by atoms with van der Waals surface area (Å²) in [7, 11) is 0. The molecule has 0 bridgehead atoms. The van der Waals surface area contributed by atoms with E-state index in [2.05, 4.69) is 5.32 Å². The van der Waals surface area contributed by atoms with Gasteiger partial charge in [-0.05, 0) is 12.1 Å². The van der Waals surface area contributed by atoms with Crippen LogP contribution in [0.3, 0.4) is 0 Å². The van der Waals surface area contributed by atoms with Crippen LogP contribution in [0.4, 0.5) is 0 Å². The van der Waals surface area contributed by atoms with E-state index in [-0.39, 0.29) is 29.6 Å². The fourth-order valence-corrected chi connectivity index (χ4v) is 3.70. The van der Waals surface area contributed by atoms with Gasteiger partial charge in [-0.25, -0.2) is 0 Å². The van der Waals surface area contributed by atoms with Crippen LogP contribution in [0.1, 0.15) is 17.9 Å². The van der Waals surface area contributed by atoms with E-state index < -0.39 is 0 Å². The molecule has 3 rings (SSSR count). The molecule has 1 amide bonds. The number of likely N-dealkylation sites (tertiary alicyclic amines) is 1. The number of phenols is 1. The standard InChI is InChI=1S/C15H18Cl2N2O3/c16-10-1-2-11(21)13(14(10)17)9-3-12(22)19(4-9)7-15(8-20)5-18-6-15/h1-2,9,18,20-21H,3-8H2. The lowest BCUT2D eigenvalue weighted by Gasteiger charge is -2.43. The Labute approximate surface area is 138 Å². The molecule has 2 fully saturated rings. The molecule has 5 nitrogen and oxygen atoms in total. The summed E-state index contributed by atoms with van der Waals surface area (Å²) in [5, 5.41) is 23.4. The molecule has 2 aliphatic heterocycles. The molecule has 2 heterocycles. The van der Waals surface area contributed by atoms with Gasteiger partial charge in [0.1, 0.15) is 5.75 Å². The van der Waals surface area contributed by atoms with Crippen molar-refractivity contribution in [3.05, 3.63) is 27.7 Å². The molecule has 0 aliphatic carbocycles. The number of carbonyl (C=O) groups is 1.